The van der Waals surface area contributed by atoms with Crippen LogP contribution in [0.4, 0.5) is 0 Å². The van der Waals surface area contributed by atoms with Crippen molar-refractivity contribution in [1.82, 2.24) is 4.90 Å². The summed E-state index contributed by atoms with van der Waals surface area (Å²) in [6.45, 7) is 12.2. The van der Waals surface area contributed by atoms with E-state index >= 15 is 0 Å². The monoisotopic (exact) mass is 367 g/mol. The average molecular weight is 368 g/mol. The number of aryl methyl sites for hydroxylation is 1. The molecule has 136 valence electrons. The van der Waals surface area contributed by atoms with Crippen molar-refractivity contribution in [1.29, 1.82) is 0 Å². The summed E-state index contributed by atoms with van der Waals surface area (Å²) in [6.07, 6.45) is 0.431. The van der Waals surface area contributed by atoms with Crippen molar-refractivity contribution < 1.29 is 8.42 Å². The van der Waals surface area contributed by atoms with Gasteiger partial charge in [0.25, 0.3) is 0 Å². The van der Waals surface area contributed by atoms with Gasteiger partial charge in [-0.25, -0.2) is 8.42 Å². The second-order valence-electron chi connectivity index (χ2n) is 7.09. The number of hydrogen-bond donors (Lipinski definition) is 0. The fourth-order valence-electron chi connectivity index (χ4n) is 3.41. The van der Waals surface area contributed by atoms with Gasteiger partial charge in [0.1, 0.15) is 0 Å². The molecule has 0 aromatic heterocycles. The van der Waals surface area contributed by atoms with E-state index in [0.29, 0.717) is 24.4 Å². The smallest absolute Gasteiger partial charge is 0.185 e. The molecule has 0 aliphatic carbocycles. The molecule has 1 fully saturated rings. The van der Waals surface area contributed by atoms with Gasteiger partial charge in [-0.15, -0.1) is 0 Å². The maximum absolute atomic E-state index is 13.2. The molecule has 0 spiro atoms. The van der Waals surface area contributed by atoms with Gasteiger partial charge in [-0.3, -0.25) is 4.90 Å². The topological polar surface area (TPSA) is 37.4 Å². The maximum Gasteiger partial charge on any atom is 0.185 e. The molecule has 0 radical (unpaired) electrons. The first-order chi connectivity index (χ1) is 12.4. The van der Waals surface area contributed by atoms with Crippen LogP contribution in [0.25, 0.3) is 0 Å². The van der Waals surface area contributed by atoms with Gasteiger partial charge in [-0.2, -0.15) is 0 Å². The zero-order valence-electron chi connectivity index (χ0n) is 15.2. The Hall–Kier alpha value is -2.17. The minimum absolute atomic E-state index is 0.360. The number of nitrogens with zero attached hydrogens (tertiary/aromatic N) is 1. The van der Waals surface area contributed by atoms with Crippen molar-refractivity contribution >= 4 is 9.84 Å². The summed E-state index contributed by atoms with van der Waals surface area (Å²) in [6, 6.07) is 17.2. The van der Waals surface area contributed by atoms with Gasteiger partial charge in [0, 0.05) is 19.6 Å². The molecule has 0 amide bonds. The molecule has 2 aromatic carbocycles. The Kier molecular flexibility index (Phi) is 5.44. The van der Waals surface area contributed by atoms with E-state index in [4.69, 9.17) is 0 Å². The van der Waals surface area contributed by atoms with E-state index in [1.54, 1.807) is 12.1 Å². The third-order valence-corrected chi connectivity index (χ3v) is 6.95. The molecule has 3 rings (SSSR count). The Morgan fingerprint density at radius 2 is 1.65 bits per heavy atom. The Bertz CT molecular complexity index is 899. The minimum atomic E-state index is -3.47. The lowest BCUT2D eigenvalue weighted by Gasteiger charge is -2.22. The van der Waals surface area contributed by atoms with Gasteiger partial charge in [0.15, 0.2) is 9.84 Å². The van der Waals surface area contributed by atoms with Crippen LogP contribution >= 0.6 is 0 Å². The second-order valence-corrected chi connectivity index (χ2v) is 9.22. The van der Waals surface area contributed by atoms with E-state index in [2.05, 4.69) is 30.2 Å². The third-order valence-electron chi connectivity index (χ3n) is 4.78. The first-order valence-electron chi connectivity index (χ1n) is 8.77. The average Bonchev–Trinajstić information content (AvgIpc) is 2.74. The largest absolute Gasteiger partial charge is 0.291 e. The summed E-state index contributed by atoms with van der Waals surface area (Å²) in [5, 5.41) is -0.613. The molecule has 1 unspecified atom stereocenters. The Labute approximate surface area is 156 Å². The molecule has 1 saturated heterocycles. The quantitative estimate of drug-likeness (QED) is 0.762. The first-order valence-corrected chi connectivity index (χ1v) is 10.3. The summed E-state index contributed by atoms with van der Waals surface area (Å²) >= 11 is 0. The summed E-state index contributed by atoms with van der Waals surface area (Å²) in [5.74, 6) is 0. The summed E-state index contributed by atoms with van der Waals surface area (Å²) < 4.78 is 26.3. The number of benzene rings is 2. The van der Waals surface area contributed by atoms with Crippen LogP contribution in [0.15, 0.2) is 83.8 Å². The van der Waals surface area contributed by atoms with Crippen LogP contribution in [0.5, 0.6) is 0 Å². The lowest BCUT2D eigenvalue weighted by Crippen LogP contribution is -2.28. The summed E-state index contributed by atoms with van der Waals surface area (Å²) in [5.41, 5.74) is 3.91. The molecule has 3 nitrogen and oxygen atoms in total. The number of hydrogen-bond acceptors (Lipinski definition) is 3. The fraction of sp³-hybridized carbons (Fsp3) is 0.273. The molecule has 1 atom stereocenters. The van der Waals surface area contributed by atoms with Crippen LogP contribution in [-0.2, 0) is 16.4 Å². The number of sulfone groups is 1. The van der Waals surface area contributed by atoms with Crippen LogP contribution in [-0.4, -0.2) is 31.7 Å². The Morgan fingerprint density at radius 1 is 1.00 bits per heavy atom. The predicted octanol–water partition coefficient (Wildman–Crippen LogP) is 4.16. The maximum atomic E-state index is 13.2. The molecule has 1 aliphatic heterocycles. The molecule has 0 saturated carbocycles. The van der Waals surface area contributed by atoms with E-state index in [1.807, 2.05) is 37.3 Å². The van der Waals surface area contributed by atoms with Gasteiger partial charge in [-0.1, -0.05) is 66.8 Å². The standard InChI is InChI=1S/C22H25NO2S/c1-17-9-11-21(12-10-17)26(24,25)22-13-18(2)14-23(15-19(22)3)16-20-7-5-4-6-8-20/h4-12,22H,2-3,13-16H2,1H3. The van der Waals surface area contributed by atoms with E-state index in [0.717, 1.165) is 23.3 Å². The molecule has 2 aromatic rings. The lowest BCUT2D eigenvalue weighted by atomic mass is 10.1. The molecule has 26 heavy (non-hydrogen) atoms. The Balaban J connectivity index is 1.83. The highest BCUT2D eigenvalue weighted by Crippen LogP contribution is 2.29. The predicted molar refractivity (Wildman–Crippen MR) is 107 cm³/mol. The summed E-state index contributed by atoms with van der Waals surface area (Å²) in [4.78, 5) is 2.57. The zero-order chi connectivity index (χ0) is 18.7. The van der Waals surface area contributed by atoms with Crippen LogP contribution < -0.4 is 0 Å². The van der Waals surface area contributed by atoms with Gasteiger partial charge in [-0.05, 0) is 36.6 Å². The first kappa shape index (κ1) is 18.6. The normalized spacial score (nSPS) is 19.3. The zero-order valence-corrected chi connectivity index (χ0v) is 16.0. The van der Waals surface area contributed by atoms with Gasteiger partial charge in [0.2, 0.25) is 0 Å². The van der Waals surface area contributed by atoms with Crippen LogP contribution in [0.3, 0.4) is 0 Å². The van der Waals surface area contributed by atoms with Gasteiger partial charge in [0.05, 0.1) is 10.1 Å². The van der Waals surface area contributed by atoms with Crippen LogP contribution in [0.2, 0.25) is 0 Å². The van der Waals surface area contributed by atoms with Crippen molar-refractivity contribution in [2.24, 2.45) is 0 Å². The van der Waals surface area contributed by atoms with Crippen molar-refractivity contribution in [2.75, 3.05) is 13.1 Å². The number of likely N-dealkylation sites (tertiary alicyclic amines) is 1. The Morgan fingerprint density at radius 3 is 2.31 bits per heavy atom. The second kappa shape index (κ2) is 7.60. The van der Waals surface area contributed by atoms with Crippen LogP contribution in [0.1, 0.15) is 17.5 Å². The van der Waals surface area contributed by atoms with Crippen molar-refractivity contribution in [3.63, 3.8) is 0 Å². The minimum Gasteiger partial charge on any atom is -0.291 e. The van der Waals surface area contributed by atoms with Crippen molar-refractivity contribution in [3.05, 3.63) is 90.0 Å². The van der Waals surface area contributed by atoms with Crippen LogP contribution in [0, 0.1) is 6.92 Å². The number of rotatable bonds is 4. The SMILES string of the molecule is C=C1CC(S(=O)(=O)c2ccc(C)cc2)C(=C)CN(Cc2ccccc2)C1. The van der Waals surface area contributed by atoms with E-state index in [9.17, 15) is 8.42 Å². The fourth-order valence-corrected chi connectivity index (χ4v) is 5.22. The highest BCUT2D eigenvalue weighted by Gasteiger charge is 2.33. The third kappa shape index (κ3) is 4.14. The molecular formula is C22H25NO2S. The van der Waals surface area contributed by atoms with Crippen molar-refractivity contribution in [3.8, 4) is 0 Å². The molecule has 4 heteroatoms. The molecule has 1 aliphatic rings. The van der Waals surface area contributed by atoms with Gasteiger partial charge >= 0.3 is 0 Å². The highest BCUT2D eigenvalue weighted by atomic mass is 32.2. The lowest BCUT2D eigenvalue weighted by molar-refractivity contribution is 0.318. The van der Waals surface area contributed by atoms with E-state index < -0.39 is 15.1 Å². The highest BCUT2D eigenvalue weighted by molar-refractivity contribution is 7.92. The van der Waals surface area contributed by atoms with E-state index in [-0.39, 0.29) is 0 Å². The summed E-state index contributed by atoms with van der Waals surface area (Å²) in [7, 11) is -3.47. The van der Waals surface area contributed by atoms with Crippen molar-refractivity contribution in [2.45, 2.75) is 30.0 Å². The van der Waals surface area contributed by atoms with E-state index in [1.165, 1.54) is 5.56 Å². The molecule has 1 heterocycles. The molecular weight excluding hydrogens is 342 g/mol. The molecule has 0 N–H and O–H groups in total. The van der Waals surface area contributed by atoms with Gasteiger partial charge < -0.3 is 0 Å². The molecule has 0 bridgehead atoms.